The Balaban J connectivity index is 1.63. The van der Waals surface area contributed by atoms with E-state index in [9.17, 15) is 8.42 Å². The van der Waals surface area contributed by atoms with Gasteiger partial charge in [-0.1, -0.05) is 24.3 Å². The maximum Gasteiger partial charge on any atom is 0.262 e. The van der Waals surface area contributed by atoms with E-state index in [-0.39, 0.29) is 11.1 Å². The van der Waals surface area contributed by atoms with E-state index in [1.807, 2.05) is 26.0 Å². The lowest BCUT2D eigenvalue weighted by Crippen LogP contribution is -2.35. The summed E-state index contributed by atoms with van der Waals surface area (Å²) in [5.41, 5.74) is 2.18. The van der Waals surface area contributed by atoms with Crippen LogP contribution in [0.2, 0.25) is 0 Å². The zero-order chi connectivity index (χ0) is 19.4. The molecule has 1 saturated heterocycles. The van der Waals surface area contributed by atoms with E-state index in [1.54, 1.807) is 24.1 Å². The number of imidazole rings is 1. The van der Waals surface area contributed by atoms with E-state index in [4.69, 9.17) is 4.74 Å². The number of morpholine rings is 1. The van der Waals surface area contributed by atoms with Crippen LogP contribution < -0.4 is 0 Å². The highest BCUT2D eigenvalue weighted by Crippen LogP contribution is 2.17. The van der Waals surface area contributed by atoms with Gasteiger partial charge in [-0.3, -0.25) is 4.90 Å². The van der Waals surface area contributed by atoms with Gasteiger partial charge in [0, 0.05) is 45.5 Å². The van der Waals surface area contributed by atoms with Crippen LogP contribution in [0.5, 0.6) is 0 Å². The summed E-state index contributed by atoms with van der Waals surface area (Å²) in [4.78, 5) is 6.43. The van der Waals surface area contributed by atoms with E-state index >= 15 is 0 Å². The lowest BCUT2D eigenvalue weighted by Gasteiger charge is -2.26. The van der Waals surface area contributed by atoms with Crippen LogP contribution in [0, 0.1) is 0 Å². The minimum absolute atomic E-state index is 0.0858. The lowest BCUT2D eigenvalue weighted by atomic mass is 10.1. The molecule has 3 rings (SSSR count). The second-order valence-electron chi connectivity index (χ2n) is 7.22. The number of sulfonamides is 1. The third kappa shape index (κ3) is 4.95. The molecule has 27 heavy (non-hydrogen) atoms. The van der Waals surface area contributed by atoms with Crippen LogP contribution in [0.15, 0.2) is 41.8 Å². The van der Waals surface area contributed by atoms with Crippen molar-refractivity contribution in [2.24, 2.45) is 0 Å². The summed E-state index contributed by atoms with van der Waals surface area (Å²) in [6, 6.07) is 8.30. The predicted molar refractivity (Wildman–Crippen MR) is 104 cm³/mol. The number of aromatic nitrogens is 2. The van der Waals surface area contributed by atoms with Gasteiger partial charge >= 0.3 is 0 Å². The molecule has 1 aromatic carbocycles. The summed E-state index contributed by atoms with van der Waals surface area (Å²) in [6.07, 6.45) is 3.15. The van der Waals surface area contributed by atoms with Crippen LogP contribution in [0.3, 0.4) is 0 Å². The van der Waals surface area contributed by atoms with Crippen molar-refractivity contribution in [3.63, 3.8) is 0 Å². The molecule has 0 radical (unpaired) electrons. The van der Waals surface area contributed by atoms with Gasteiger partial charge in [0.2, 0.25) is 0 Å². The largest absolute Gasteiger partial charge is 0.379 e. The van der Waals surface area contributed by atoms with Crippen LogP contribution in [-0.2, 0) is 27.8 Å². The molecular formula is C19H28N4O3S. The maximum atomic E-state index is 12.7. The summed E-state index contributed by atoms with van der Waals surface area (Å²) in [6.45, 7) is 8.65. The Kier molecular flexibility index (Phi) is 6.31. The molecule has 0 N–H and O–H groups in total. The molecule has 0 saturated carbocycles. The highest BCUT2D eigenvalue weighted by Gasteiger charge is 2.24. The Morgan fingerprint density at radius 1 is 1.15 bits per heavy atom. The normalized spacial score (nSPS) is 16.3. The summed E-state index contributed by atoms with van der Waals surface area (Å²) < 4.78 is 34.0. The molecule has 0 amide bonds. The number of ether oxygens (including phenoxy) is 1. The van der Waals surface area contributed by atoms with E-state index in [0.29, 0.717) is 6.54 Å². The first-order valence-electron chi connectivity index (χ1n) is 9.24. The first kappa shape index (κ1) is 20.0. The molecule has 0 bridgehead atoms. The Hall–Kier alpha value is -1.74. The molecule has 0 atom stereocenters. The van der Waals surface area contributed by atoms with E-state index < -0.39 is 10.0 Å². The van der Waals surface area contributed by atoms with Gasteiger partial charge in [-0.25, -0.2) is 13.4 Å². The average Bonchev–Trinajstić information content (AvgIpc) is 3.15. The van der Waals surface area contributed by atoms with Crippen molar-refractivity contribution in [1.82, 2.24) is 18.8 Å². The molecule has 0 spiro atoms. The third-order valence-corrected chi connectivity index (χ3v) is 6.48. The first-order valence-corrected chi connectivity index (χ1v) is 10.7. The molecule has 2 aromatic rings. The molecule has 0 unspecified atom stereocenters. The SMILES string of the molecule is CC(C)n1cnc(S(=O)(=O)N(C)Cc2ccc(CN3CCOCC3)cc2)c1. The van der Waals surface area contributed by atoms with Crippen molar-refractivity contribution < 1.29 is 13.2 Å². The summed E-state index contributed by atoms with van der Waals surface area (Å²) in [5.74, 6) is 0. The topological polar surface area (TPSA) is 67.7 Å². The summed E-state index contributed by atoms with van der Waals surface area (Å²) in [7, 11) is -2.01. The second kappa shape index (κ2) is 8.52. The summed E-state index contributed by atoms with van der Waals surface area (Å²) in [5, 5.41) is 0.0858. The number of rotatable bonds is 7. The Morgan fingerprint density at radius 2 is 1.78 bits per heavy atom. The van der Waals surface area contributed by atoms with Gasteiger partial charge in [0.05, 0.1) is 19.5 Å². The summed E-state index contributed by atoms with van der Waals surface area (Å²) >= 11 is 0. The molecule has 0 aliphatic carbocycles. The smallest absolute Gasteiger partial charge is 0.262 e. The van der Waals surface area contributed by atoms with Gasteiger partial charge in [0.1, 0.15) is 0 Å². The van der Waals surface area contributed by atoms with E-state index in [1.165, 1.54) is 9.87 Å². The van der Waals surface area contributed by atoms with Crippen molar-refractivity contribution in [3.05, 3.63) is 47.9 Å². The fourth-order valence-corrected chi connectivity index (χ4v) is 4.08. The van der Waals surface area contributed by atoms with Gasteiger partial charge in [0.15, 0.2) is 5.03 Å². The maximum absolute atomic E-state index is 12.7. The third-order valence-electron chi connectivity index (χ3n) is 4.79. The number of benzene rings is 1. The zero-order valence-corrected chi connectivity index (χ0v) is 17.0. The van der Waals surface area contributed by atoms with Gasteiger partial charge in [-0.05, 0) is 25.0 Å². The zero-order valence-electron chi connectivity index (χ0n) is 16.2. The molecule has 1 aliphatic heterocycles. The van der Waals surface area contributed by atoms with Crippen LogP contribution in [0.25, 0.3) is 0 Å². The standard InChI is InChI=1S/C19H28N4O3S/c1-16(2)23-14-19(20-15-23)27(24,25)21(3)12-17-4-6-18(7-5-17)13-22-8-10-26-11-9-22/h4-7,14-16H,8-13H2,1-3H3. The number of nitrogens with zero attached hydrogens (tertiary/aromatic N) is 4. The molecule has 8 heteroatoms. The molecule has 148 valence electrons. The first-order chi connectivity index (χ1) is 12.9. The predicted octanol–water partition coefficient (Wildman–Crippen LogP) is 2.12. The van der Waals surface area contributed by atoms with Crippen LogP contribution in [0.4, 0.5) is 0 Å². The average molecular weight is 393 g/mol. The lowest BCUT2D eigenvalue weighted by molar-refractivity contribution is 0.0342. The molecule has 1 aromatic heterocycles. The van der Waals surface area contributed by atoms with E-state index in [0.717, 1.165) is 38.4 Å². The Labute approximate surface area is 161 Å². The van der Waals surface area contributed by atoms with Crippen molar-refractivity contribution in [3.8, 4) is 0 Å². The van der Waals surface area contributed by atoms with Gasteiger partial charge in [-0.2, -0.15) is 4.31 Å². The minimum Gasteiger partial charge on any atom is -0.379 e. The van der Waals surface area contributed by atoms with E-state index in [2.05, 4.69) is 22.0 Å². The molecule has 7 nitrogen and oxygen atoms in total. The van der Waals surface area contributed by atoms with Gasteiger partial charge in [-0.15, -0.1) is 0 Å². The monoisotopic (exact) mass is 392 g/mol. The van der Waals surface area contributed by atoms with Gasteiger partial charge in [0.25, 0.3) is 10.0 Å². The molecule has 1 fully saturated rings. The van der Waals surface area contributed by atoms with Crippen molar-refractivity contribution in [1.29, 1.82) is 0 Å². The molecular weight excluding hydrogens is 364 g/mol. The van der Waals surface area contributed by atoms with Crippen LogP contribution >= 0.6 is 0 Å². The van der Waals surface area contributed by atoms with Crippen molar-refractivity contribution >= 4 is 10.0 Å². The Morgan fingerprint density at radius 3 is 2.37 bits per heavy atom. The quantitative estimate of drug-likeness (QED) is 0.722. The Bertz CT molecular complexity index is 840. The van der Waals surface area contributed by atoms with Crippen LogP contribution in [-0.4, -0.2) is 60.5 Å². The van der Waals surface area contributed by atoms with Crippen LogP contribution in [0.1, 0.15) is 31.0 Å². The number of hydrogen-bond acceptors (Lipinski definition) is 5. The van der Waals surface area contributed by atoms with Gasteiger partial charge < -0.3 is 9.30 Å². The highest BCUT2D eigenvalue weighted by atomic mass is 32.2. The van der Waals surface area contributed by atoms with Crippen molar-refractivity contribution in [2.75, 3.05) is 33.4 Å². The number of hydrogen-bond donors (Lipinski definition) is 0. The van der Waals surface area contributed by atoms with Crippen molar-refractivity contribution in [2.45, 2.75) is 38.0 Å². The second-order valence-corrected chi connectivity index (χ2v) is 9.21. The minimum atomic E-state index is -3.60. The highest BCUT2D eigenvalue weighted by molar-refractivity contribution is 7.89. The fourth-order valence-electron chi connectivity index (χ4n) is 3.00. The molecule has 2 heterocycles. The fraction of sp³-hybridized carbons (Fsp3) is 0.526. The molecule has 1 aliphatic rings.